The smallest absolute Gasteiger partial charge is 0.394 e. The molecule has 1 fully saturated rings. The van der Waals surface area contributed by atoms with Crippen molar-refractivity contribution in [2.24, 2.45) is 0 Å². The van der Waals surface area contributed by atoms with Gasteiger partial charge in [-0.1, -0.05) is 0 Å². The molecular formula is C10H14F3N3O4. The highest BCUT2D eigenvalue weighted by molar-refractivity contribution is 5.38. The summed E-state index contributed by atoms with van der Waals surface area (Å²) >= 11 is 0. The molecule has 1 aliphatic heterocycles. The molecule has 0 radical (unpaired) electrons. The third kappa shape index (κ3) is 3.03. The van der Waals surface area contributed by atoms with Crippen LogP contribution < -0.4 is 5.32 Å². The molecule has 0 bridgehead atoms. The standard InChI is InChI=1S/C10H14F3N3O4/c11-10(12,13)6-1-7(16-15-6)14-4-3-20-5(2-17)9(19)8(4)18/h1,4-5,8-9,17-19H,2-3H2,(H2,14,15,16)/t4?,5-,8?,9?/m0/s1. The van der Waals surface area contributed by atoms with Gasteiger partial charge in [0, 0.05) is 6.07 Å². The summed E-state index contributed by atoms with van der Waals surface area (Å²) in [5.41, 5.74) is -1.03. The van der Waals surface area contributed by atoms with Gasteiger partial charge in [-0.25, -0.2) is 0 Å². The fourth-order valence-corrected chi connectivity index (χ4v) is 1.90. The molecule has 114 valence electrons. The minimum Gasteiger partial charge on any atom is -0.394 e. The molecule has 1 aliphatic rings. The lowest BCUT2D eigenvalue weighted by molar-refractivity contribution is -0.152. The van der Waals surface area contributed by atoms with Crippen LogP contribution >= 0.6 is 0 Å². The summed E-state index contributed by atoms with van der Waals surface area (Å²) in [4.78, 5) is 0. The van der Waals surface area contributed by atoms with Crippen molar-refractivity contribution in [3.8, 4) is 0 Å². The number of nitrogens with one attached hydrogen (secondary N) is 2. The van der Waals surface area contributed by atoms with Crippen LogP contribution in [0.4, 0.5) is 19.0 Å². The van der Waals surface area contributed by atoms with Gasteiger partial charge in [0.25, 0.3) is 0 Å². The molecule has 1 aromatic rings. The molecule has 7 nitrogen and oxygen atoms in total. The van der Waals surface area contributed by atoms with E-state index in [0.29, 0.717) is 0 Å². The van der Waals surface area contributed by atoms with Crippen molar-refractivity contribution in [2.75, 3.05) is 18.5 Å². The van der Waals surface area contributed by atoms with E-state index in [1.165, 1.54) is 0 Å². The van der Waals surface area contributed by atoms with Crippen LogP contribution in [0.25, 0.3) is 0 Å². The number of aliphatic hydroxyl groups is 3. The van der Waals surface area contributed by atoms with E-state index >= 15 is 0 Å². The van der Waals surface area contributed by atoms with E-state index in [4.69, 9.17) is 9.84 Å². The molecule has 0 aliphatic carbocycles. The highest BCUT2D eigenvalue weighted by atomic mass is 19.4. The van der Waals surface area contributed by atoms with Crippen LogP contribution in [0.5, 0.6) is 0 Å². The number of nitrogens with zero attached hydrogens (tertiary/aromatic N) is 1. The van der Waals surface area contributed by atoms with Gasteiger partial charge in [0.15, 0.2) is 0 Å². The van der Waals surface area contributed by atoms with Crippen LogP contribution in [0.1, 0.15) is 5.69 Å². The van der Waals surface area contributed by atoms with E-state index in [1.54, 1.807) is 0 Å². The maximum absolute atomic E-state index is 12.4. The second-order valence-corrected chi connectivity index (χ2v) is 4.45. The molecule has 1 saturated heterocycles. The fraction of sp³-hybridized carbons (Fsp3) is 0.700. The number of aliphatic hydroxyl groups excluding tert-OH is 3. The summed E-state index contributed by atoms with van der Waals surface area (Å²) in [5.74, 6) is -0.125. The van der Waals surface area contributed by atoms with Crippen molar-refractivity contribution in [3.63, 3.8) is 0 Å². The van der Waals surface area contributed by atoms with Crippen LogP contribution in [0.15, 0.2) is 6.07 Å². The number of hydrogen-bond donors (Lipinski definition) is 5. The molecule has 10 heteroatoms. The third-order valence-electron chi connectivity index (χ3n) is 3.03. The Kier molecular flexibility index (Phi) is 4.18. The molecule has 4 atom stereocenters. The Labute approximate surface area is 111 Å². The molecule has 20 heavy (non-hydrogen) atoms. The largest absolute Gasteiger partial charge is 0.432 e. The first-order chi connectivity index (χ1) is 9.32. The minimum atomic E-state index is -4.55. The molecule has 2 rings (SSSR count). The first kappa shape index (κ1) is 15.0. The number of aromatic amines is 1. The van der Waals surface area contributed by atoms with Crippen molar-refractivity contribution in [1.82, 2.24) is 10.2 Å². The Balaban J connectivity index is 2.02. The predicted octanol–water partition coefficient (Wildman–Crippen LogP) is -0.678. The van der Waals surface area contributed by atoms with Crippen LogP contribution in [-0.4, -0.2) is 63.1 Å². The van der Waals surface area contributed by atoms with Crippen molar-refractivity contribution >= 4 is 5.82 Å². The molecule has 3 unspecified atom stereocenters. The van der Waals surface area contributed by atoms with Crippen molar-refractivity contribution in [3.05, 3.63) is 11.8 Å². The Bertz CT molecular complexity index is 453. The maximum Gasteiger partial charge on any atom is 0.432 e. The van der Waals surface area contributed by atoms with E-state index in [-0.39, 0.29) is 12.4 Å². The number of ether oxygens (including phenoxy) is 1. The van der Waals surface area contributed by atoms with Crippen LogP contribution in [0, 0.1) is 0 Å². The zero-order valence-electron chi connectivity index (χ0n) is 10.1. The van der Waals surface area contributed by atoms with Crippen LogP contribution in [-0.2, 0) is 10.9 Å². The van der Waals surface area contributed by atoms with Gasteiger partial charge in [-0.2, -0.15) is 18.3 Å². The SMILES string of the molecule is OC[C@@H]1OCC(Nc2cc(C(F)(F)F)[nH]n2)C(O)C1O. The summed E-state index contributed by atoms with van der Waals surface area (Å²) < 4.78 is 42.2. The van der Waals surface area contributed by atoms with Crippen LogP contribution in [0.2, 0.25) is 0 Å². The Morgan fingerprint density at radius 3 is 2.65 bits per heavy atom. The maximum atomic E-state index is 12.4. The van der Waals surface area contributed by atoms with E-state index < -0.39 is 42.8 Å². The zero-order chi connectivity index (χ0) is 14.9. The van der Waals surface area contributed by atoms with Gasteiger partial charge >= 0.3 is 6.18 Å². The lowest BCUT2D eigenvalue weighted by atomic mass is 9.98. The quantitative estimate of drug-likeness (QED) is 0.506. The first-order valence-corrected chi connectivity index (χ1v) is 5.80. The highest BCUT2D eigenvalue weighted by Crippen LogP contribution is 2.29. The van der Waals surface area contributed by atoms with Crippen LogP contribution in [0.3, 0.4) is 0 Å². The summed E-state index contributed by atoms with van der Waals surface area (Å²) in [7, 11) is 0. The molecule has 2 heterocycles. The van der Waals surface area contributed by atoms with Crippen molar-refractivity contribution < 1.29 is 33.2 Å². The monoisotopic (exact) mass is 297 g/mol. The summed E-state index contributed by atoms with van der Waals surface area (Å²) in [5, 5.41) is 36.1. The third-order valence-corrected chi connectivity index (χ3v) is 3.03. The first-order valence-electron chi connectivity index (χ1n) is 5.80. The second kappa shape index (κ2) is 5.56. The van der Waals surface area contributed by atoms with E-state index in [2.05, 4.69) is 10.4 Å². The Hall–Kier alpha value is -1.36. The van der Waals surface area contributed by atoms with Gasteiger partial charge in [-0.3, -0.25) is 5.10 Å². The summed E-state index contributed by atoms with van der Waals surface area (Å²) in [6.07, 6.45) is -8.11. The van der Waals surface area contributed by atoms with Gasteiger partial charge in [0.05, 0.1) is 19.3 Å². The second-order valence-electron chi connectivity index (χ2n) is 4.45. The van der Waals surface area contributed by atoms with Crippen molar-refractivity contribution in [1.29, 1.82) is 0 Å². The van der Waals surface area contributed by atoms with Crippen molar-refractivity contribution in [2.45, 2.75) is 30.5 Å². The lowest BCUT2D eigenvalue weighted by Gasteiger charge is -2.37. The number of alkyl halides is 3. The Morgan fingerprint density at radius 1 is 1.40 bits per heavy atom. The molecule has 5 N–H and O–H groups in total. The van der Waals surface area contributed by atoms with Gasteiger partial charge in [-0.15, -0.1) is 0 Å². The van der Waals surface area contributed by atoms with E-state index in [0.717, 1.165) is 6.07 Å². The summed E-state index contributed by atoms with van der Waals surface area (Å²) in [6.45, 7) is -0.552. The van der Waals surface area contributed by atoms with Gasteiger partial charge in [0.2, 0.25) is 0 Å². The molecule has 0 aromatic carbocycles. The Morgan fingerprint density at radius 2 is 2.10 bits per heavy atom. The predicted molar refractivity (Wildman–Crippen MR) is 59.8 cm³/mol. The van der Waals surface area contributed by atoms with Gasteiger partial charge in [0.1, 0.15) is 29.8 Å². The lowest BCUT2D eigenvalue weighted by Crippen LogP contribution is -2.56. The molecule has 0 saturated carbocycles. The number of H-pyrrole nitrogens is 1. The molecule has 1 aromatic heterocycles. The highest BCUT2D eigenvalue weighted by Gasteiger charge is 2.39. The molecular weight excluding hydrogens is 283 g/mol. The number of anilines is 1. The number of hydrogen-bond acceptors (Lipinski definition) is 6. The van der Waals surface area contributed by atoms with E-state index in [1.807, 2.05) is 5.10 Å². The zero-order valence-corrected chi connectivity index (χ0v) is 10.1. The molecule has 0 amide bonds. The van der Waals surface area contributed by atoms with Gasteiger partial charge < -0.3 is 25.4 Å². The van der Waals surface area contributed by atoms with E-state index in [9.17, 15) is 23.4 Å². The number of halogens is 3. The number of aromatic nitrogens is 2. The van der Waals surface area contributed by atoms with Gasteiger partial charge in [-0.05, 0) is 0 Å². The summed E-state index contributed by atoms with van der Waals surface area (Å²) in [6, 6.07) is -0.0887. The fourth-order valence-electron chi connectivity index (χ4n) is 1.90. The molecule has 0 spiro atoms. The average Bonchev–Trinajstić information content (AvgIpc) is 2.84. The normalized spacial score (nSPS) is 31.3. The number of rotatable bonds is 3. The topological polar surface area (TPSA) is 111 Å². The minimum absolute atomic E-state index is 0.0857. The average molecular weight is 297 g/mol.